The number of aryl methyl sites for hydroxylation is 2. The molecule has 0 radical (unpaired) electrons. The minimum Gasteiger partial charge on any atom is -0.496 e. The summed E-state index contributed by atoms with van der Waals surface area (Å²) in [5.41, 5.74) is 3.12. The highest BCUT2D eigenvalue weighted by atomic mass is 79.9. The molecule has 0 aliphatic heterocycles. The summed E-state index contributed by atoms with van der Waals surface area (Å²) in [5, 5.41) is 10.5. The number of aliphatic hydroxyl groups excluding tert-OH is 1. The monoisotopic (exact) mass is 338 g/mol. The predicted octanol–water partition coefficient (Wildman–Crippen LogP) is 4.30. The highest BCUT2D eigenvalue weighted by molar-refractivity contribution is 9.10. The molecule has 2 aromatic carbocycles. The van der Waals surface area contributed by atoms with E-state index in [1.165, 1.54) is 6.07 Å². The van der Waals surface area contributed by atoms with Gasteiger partial charge in [-0.25, -0.2) is 4.39 Å². The molecule has 2 rings (SSSR count). The van der Waals surface area contributed by atoms with Crippen LogP contribution < -0.4 is 4.74 Å². The first-order valence-corrected chi connectivity index (χ1v) is 7.01. The molecule has 0 bridgehead atoms. The molecule has 4 heteroatoms. The highest BCUT2D eigenvalue weighted by Gasteiger charge is 2.16. The molecule has 1 atom stereocenters. The molecular weight excluding hydrogens is 323 g/mol. The Bertz CT molecular complexity index is 641. The summed E-state index contributed by atoms with van der Waals surface area (Å²) in [5.74, 6) is 0.393. The van der Waals surface area contributed by atoms with Crippen LogP contribution in [0, 0.1) is 19.7 Å². The number of methoxy groups -OCH3 is 1. The number of ether oxygens (including phenoxy) is 1. The first-order valence-electron chi connectivity index (χ1n) is 6.22. The summed E-state index contributed by atoms with van der Waals surface area (Å²) in [6.45, 7) is 3.81. The topological polar surface area (TPSA) is 29.5 Å². The van der Waals surface area contributed by atoms with E-state index in [4.69, 9.17) is 4.74 Å². The fraction of sp³-hybridized carbons (Fsp3) is 0.250. The normalized spacial score (nSPS) is 12.3. The van der Waals surface area contributed by atoms with E-state index in [0.717, 1.165) is 22.4 Å². The average Bonchev–Trinajstić information content (AvgIpc) is 2.43. The standard InChI is InChI=1S/C16H16BrFO2/c1-9-7-15(20-3)10(2)6-12(9)16(19)11-4-5-13(17)14(18)8-11/h4-8,16,19H,1-3H3. The van der Waals surface area contributed by atoms with Crippen LogP contribution >= 0.6 is 15.9 Å². The van der Waals surface area contributed by atoms with Crippen LogP contribution in [0.15, 0.2) is 34.8 Å². The van der Waals surface area contributed by atoms with E-state index in [9.17, 15) is 9.50 Å². The second-order valence-corrected chi connectivity index (χ2v) is 5.61. The molecule has 106 valence electrons. The van der Waals surface area contributed by atoms with Gasteiger partial charge in [0, 0.05) is 0 Å². The molecule has 2 aromatic rings. The average molecular weight is 339 g/mol. The third kappa shape index (κ3) is 2.86. The van der Waals surface area contributed by atoms with Gasteiger partial charge in [-0.05, 0) is 76.3 Å². The molecule has 2 nitrogen and oxygen atoms in total. The van der Waals surface area contributed by atoms with E-state index >= 15 is 0 Å². The first kappa shape index (κ1) is 15.0. The minimum absolute atomic E-state index is 0.385. The van der Waals surface area contributed by atoms with Gasteiger partial charge in [-0.1, -0.05) is 6.07 Å². The summed E-state index contributed by atoms with van der Waals surface area (Å²) in [6.07, 6.45) is -0.859. The maximum Gasteiger partial charge on any atom is 0.137 e. The van der Waals surface area contributed by atoms with Crippen LogP contribution in [0.3, 0.4) is 0 Å². The van der Waals surface area contributed by atoms with Gasteiger partial charge < -0.3 is 9.84 Å². The van der Waals surface area contributed by atoms with Crippen molar-refractivity contribution < 1.29 is 14.2 Å². The van der Waals surface area contributed by atoms with Crippen molar-refractivity contribution >= 4 is 15.9 Å². The Morgan fingerprint density at radius 3 is 2.45 bits per heavy atom. The molecule has 20 heavy (non-hydrogen) atoms. The van der Waals surface area contributed by atoms with Gasteiger partial charge in [-0.2, -0.15) is 0 Å². The zero-order valence-electron chi connectivity index (χ0n) is 11.6. The summed E-state index contributed by atoms with van der Waals surface area (Å²) in [4.78, 5) is 0. The molecule has 0 spiro atoms. The second kappa shape index (κ2) is 5.94. The van der Waals surface area contributed by atoms with Crippen molar-refractivity contribution in [2.45, 2.75) is 20.0 Å². The molecule has 0 fully saturated rings. The molecule has 1 unspecified atom stereocenters. The van der Waals surface area contributed by atoms with Gasteiger partial charge in [0.05, 0.1) is 11.6 Å². The van der Waals surface area contributed by atoms with E-state index in [1.807, 2.05) is 26.0 Å². The number of aliphatic hydroxyl groups is 1. The Morgan fingerprint density at radius 2 is 1.85 bits per heavy atom. The Hall–Kier alpha value is -1.39. The number of hydrogen-bond donors (Lipinski definition) is 1. The summed E-state index contributed by atoms with van der Waals surface area (Å²) >= 11 is 3.11. The molecule has 0 saturated carbocycles. The van der Waals surface area contributed by atoms with Crippen LogP contribution in [-0.2, 0) is 0 Å². The van der Waals surface area contributed by atoms with Gasteiger partial charge >= 0.3 is 0 Å². The van der Waals surface area contributed by atoms with Crippen molar-refractivity contribution in [1.29, 1.82) is 0 Å². The quantitative estimate of drug-likeness (QED) is 0.904. The van der Waals surface area contributed by atoms with Gasteiger partial charge in [0.2, 0.25) is 0 Å². The lowest BCUT2D eigenvalue weighted by atomic mass is 9.95. The number of benzene rings is 2. The lowest BCUT2D eigenvalue weighted by Crippen LogP contribution is -2.04. The van der Waals surface area contributed by atoms with Crippen LogP contribution in [0.4, 0.5) is 4.39 Å². The van der Waals surface area contributed by atoms with Gasteiger partial charge in [0.25, 0.3) is 0 Å². The minimum atomic E-state index is -0.859. The van der Waals surface area contributed by atoms with E-state index in [1.54, 1.807) is 19.2 Å². The van der Waals surface area contributed by atoms with Gasteiger partial charge in [-0.15, -0.1) is 0 Å². The maximum absolute atomic E-state index is 13.6. The smallest absolute Gasteiger partial charge is 0.137 e. The molecule has 0 saturated heterocycles. The summed E-state index contributed by atoms with van der Waals surface area (Å²) in [7, 11) is 1.61. The zero-order valence-corrected chi connectivity index (χ0v) is 13.2. The fourth-order valence-electron chi connectivity index (χ4n) is 2.19. The Balaban J connectivity index is 2.45. The summed E-state index contributed by atoms with van der Waals surface area (Å²) < 4.78 is 19.2. The number of hydrogen-bond acceptors (Lipinski definition) is 2. The van der Waals surface area contributed by atoms with Gasteiger partial charge in [0.1, 0.15) is 17.7 Å². The summed E-state index contributed by atoms with van der Waals surface area (Å²) in [6, 6.07) is 8.39. The van der Waals surface area contributed by atoms with E-state index in [-0.39, 0.29) is 5.82 Å². The molecule has 0 aromatic heterocycles. The molecule has 0 heterocycles. The third-order valence-corrected chi connectivity index (χ3v) is 3.98. The zero-order chi connectivity index (χ0) is 14.9. The molecular formula is C16H16BrFO2. The Morgan fingerprint density at radius 1 is 1.15 bits per heavy atom. The van der Waals surface area contributed by atoms with Crippen molar-refractivity contribution in [2.75, 3.05) is 7.11 Å². The maximum atomic E-state index is 13.6. The highest BCUT2D eigenvalue weighted by Crippen LogP contribution is 2.31. The third-order valence-electron chi connectivity index (χ3n) is 3.34. The molecule has 0 aliphatic rings. The van der Waals surface area contributed by atoms with Crippen LogP contribution in [0.25, 0.3) is 0 Å². The predicted molar refractivity (Wildman–Crippen MR) is 80.6 cm³/mol. The second-order valence-electron chi connectivity index (χ2n) is 4.75. The number of rotatable bonds is 3. The van der Waals surface area contributed by atoms with Gasteiger partial charge in [-0.3, -0.25) is 0 Å². The lowest BCUT2D eigenvalue weighted by Gasteiger charge is -2.17. The Kier molecular flexibility index (Phi) is 4.45. The fourth-order valence-corrected chi connectivity index (χ4v) is 2.44. The number of halogens is 2. The van der Waals surface area contributed by atoms with E-state index < -0.39 is 6.10 Å². The molecule has 1 N–H and O–H groups in total. The van der Waals surface area contributed by atoms with E-state index in [0.29, 0.717) is 10.0 Å². The first-order chi connectivity index (χ1) is 9.43. The molecule has 0 aliphatic carbocycles. The SMILES string of the molecule is COc1cc(C)c(C(O)c2ccc(Br)c(F)c2)cc1C. The van der Waals surface area contributed by atoms with Crippen LogP contribution in [0.1, 0.15) is 28.4 Å². The Labute approximate surface area is 126 Å². The van der Waals surface area contributed by atoms with Crippen molar-refractivity contribution in [3.63, 3.8) is 0 Å². The van der Waals surface area contributed by atoms with Crippen LogP contribution in [-0.4, -0.2) is 12.2 Å². The molecule has 0 amide bonds. The van der Waals surface area contributed by atoms with Crippen molar-refractivity contribution in [3.8, 4) is 5.75 Å². The van der Waals surface area contributed by atoms with Crippen LogP contribution in [0.5, 0.6) is 5.75 Å². The van der Waals surface area contributed by atoms with Crippen molar-refractivity contribution in [2.24, 2.45) is 0 Å². The van der Waals surface area contributed by atoms with Crippen molar-refractivity contribution in [1.82, 2.24) is 0 Å². The van der Waals surface area contributed by atoms with Gasteiger partial charge in [0.15, 0.2) is 0 Å². The lowest BCUT2D eigenvalue weighted by molar-refractivity contribution is 0.218. The van der Waals surface area contributed by atoms with Crippen molar-refractivity contribution in [3.05, 3.63) is 62.9 Å². The van der Waals surface area contributed by atoms with E-state index in [2.05, 4.69) is 15.9 Å². The van der Waals surface area contributed by atoms with Crippen LogP contribution in [0.2, 0.25) is 0 Å². The largest absolute Gasteiger partial charge is 0.496 e.